The van der Waals surface area contributed by atoms with Gasteiger partial charge in [-0.25, -0.2) is 0 Å². The zero-order valence-corrected chi connectivity index (χ0v) is 10.8. The first-order valence-electron chi connectivity index (χ1n) is 5.08. The molecule has 0 saturated carbocycles. The second-order valence-corrected chi connectivity index (χ2v) is 4.94. The van der Waals surface area contributed by atoms with E-state index in [0.717, 1.165) is 0 Å². The number of rotatable bonds is 5. The number of hydrogen-bond acceptors (Lipinski definition) is 2. The first-order chi connectivity index (χ1) is 8.49. The fourth-order valence-corrected chi connectivity index (χ4v) is 1.91. The smallest absolute Gasteiger partial charge is 0.357 e. The second-order valence-electron chi connectivity index (χ2n) is 3.99. The van der Waals surface area contributed by atoms with E-state index in [-0.39, 0.29) is 5.56 Å². The summed E-state index contributed by atoms with van der Waals surface area (Å²) in [6, 6.07) is 7.16. The molecule has 1 aromatic rings. The summed E-state index contributed by atoms with van der Waals surface area (Å²) in [5.41, 5.74) is -4.01. The van der Waals surface area contributed by atoms with Gasteiger partial charge in [-0.15, -0.1) is 0 Å². The van der Waals surface area contributed by atoms with Gasteiger partial charge in [-0.2, -0.15) is 17.6 Å². The second kappa shape index (κ2) is 5.44. The van der Waals surface area contributed by atoms with Gasteiger partial charge < -0.3 is 10.2 Å². The van der Waals surface area contributed by atoms with E-state index >= 15 is 0 Å². The molecule has 1 aromatic carbocycles. The van der Waals surface area contributed by atoms with Gasteiger partial charge in [-0.05, 0) is 28.8 Å². The highest BCUT2D eigenvalue weighted by Gasteiger charge is 2.67. The van der Waals surface area contributed by atoms with Crippen LogP contribution in [0.1, 0.15) is 18.1 Å². The Morgan fingerprint density at radius 3 is 1.79 bits per heavy atom. The molecule has 0 unspecified atom stereocenters. The Balaban J connectivity index is 3.04. The molecule has 0 aliphatic rings. The van der Waals surface area contributed by atoms with Crippen LogP contribution in [0.3, 0.4) is 0 Å². The largest absolute Gasteiger partial charge is 0.388 e. The average Bonchev–Trinajstić information content (AvgIpc) is 2.27. The lowest BCUT2D eigenvalue weighted by atomic mass is 9.92. The number of hydrogen-bond donors (Lipinski definition) is 2. The number of halogens is 6. The summed E-state index contributed by atoms with van der Waals surface area (Å²) in [5, 5.41) is 9.60. The predicted molar refractivity (Wildman–Crippen MR) is 62.6 cm³/mol. The van der Waals surface area contributed by atoms with Crippen molar-refractivity contribution in [2.75, 3.05) is 0 Å². The van der Waals surface area contributed by atoms with Crippen molar-refractivity contribution in [3.8, 4) is 0 Å². The van der Waals surface area contributed by atoms with Crippen LogP contribution < -0.4 is 0 Å². The lowest BCUT2D eigenvalue weighted by molar-refractivity contribution is -0.229. The molecule has 0 heterocycles. The minimum absolute atomic E-state index is 0.0720. The van der Waals surface area contributed by atoms with E-state index in [0.29, 0.717) is 0 Å². The van der Waals surface area contributed by atoms with Crippen LogP contribution in [-0.2, 0) is 0 Å². The molecule has 2 N–H and O–H groups in total. The topological polar surface area (TPSA) is 40.5 Å². The van der Waals surface area contributed by atoms with Crippen LogP contribution in [-0.4, -0.2) is 26.6 Å². The average molecular weight is 321 g/mol. The van der Waals surface area contributed by atoms with Crippen molar-refractivity contribution in [1.29, 1.82) is 0 Å². The molecule has 8 heteroatoms. The molecular formula is C11H10Cl2F4O2. The fourth-order valence-electron chi connectivity index (χ4n) is 1.47. The molecule has 1 rings (SSSR count). The summed E-state index contributed by atoms with van der Waals surface area (Å²) >= 11 is 9.00. The van der Waals surface area contributed by atoms with Crippen molar-refractivity contribution < 1.29 is 27.8 Å². The molecule has 0 aliphatic heterocycles. The van der Waals surface area contributed by atoms with Gasteiger partial charge in [0.05, 0.1) is 6.10 Å². The molecule has 0 saturated heterocycles. The molecule has 108 valence electrons. The first-order valence-corrected chi connectivity index (χ1v) is 5.83. The summed E-state index contributed by atoms with van der Waals surface area (Å²) in [6.45, 7) is 0. The van der Waals surface area contributed by atoms with Crippen molar-refractivity contribution in [2.45, 2.75) is 28.9 Å². The lowest BCUT2D eigenvalue weighted by Crippen LogP contribution is -2.56. The number of aliphatic hydroxyl groups is 2. The quantitative estimate of drug-likeness (QED) is 0.644. The minimum Gasteiger partial charge on any atom is -0.388 e. The Morgan fingerprint density at radius 2 is 1.42 bits per heavy atom. The van der Waals surface area contributed by atoms with E-state index in [9.17, 15) is 27.8 Å². The molecule has 0 aromatic heterocycles. The van der Waals surface area contributed by atoms with Crippen LogP contribution in [0.2, 0.25) is 0 Å². The maximum atomic E-state index is 13.0. The van der Waals surface area contributed by atoms with Gasteiger partial charge in [0, 0.05) is 6.42 Å². The minimum atomic E-state index is -4.71. The third-order valence-electron chi connectivity index (χ3n) is 2.61. The Labute approximate surface area is 116 Å². The van der Waals surface area contributed by atoms with Gasteiger partial charge in [0.15, 0.2) is 0 Å². The third kappa shape index (κ3) is 3.51. The highest BCUT2D eigenvalue weighted by Crippen LogP contribution is 2.49. The summed E-state index contributed by atoms with van der Waals surface area (Å²) in [7, 11) is 0. The zero-order valence-electron chi connectivity index (χ0n) is 9.33. The van der Waals surface area contributed by atoms with Gasteiger partial charge in [-0.3, -0.25) is 0 Å². The van der Waals surface area contributed by atoms with E-state index in [1.54, 1.807) is 6.07 Å². The molecule has 0 fully saturated rings. The first kappa shape index (κ1) is 16.5. The van der Waals surface area contributed by atoms with E-state index in [1.807, 2.05) is 0 Å². The number of aliphatic hydroxyl groups excluding tert-OH is 1. The van der Waals surface area contributed by atoms with Gasteiger partial charge >= 0.3 is 10.8 Å². The van der Waals surface area contributed by atoms with Crippen molar-refractivity contribution in [3.63, 3.8) is 0 Å². The molecule has 2 nitrogen and oxygen atoms in total. The Bertz CT molecular complexity index is 403. The van der Waals surface area contributed by atoms with Crippen LogP contribution >= 0.6 is 23.2 Å². The number of alkyl halides is 6. The van der Waals surface area contributed by atoms with Crippen molar-refractivity contribution in [3.05, 3.63) is 35.9 Å². The van der Waals surface area contributed by atoms with E-state index in [4.69, 9.17) is 0 Å². The molecule has 0 radical (unpaired) electrons. The van der Waals surface area contributed by atoms with E-state index in [1.165, 1.54) is 24.3 Å². The SMILES string of the molecule is O[C@H](CC(O)(C(F)(F)Cl)C(F)(F)Cl)c1ccccc1. The zero-order chi connectivity index (χ0) is 14.9. The molecule has 0 amide bonds. The van der Waals surface area contributed by atoms with Crippen LogP contribution in [0.25, 0.3) is 0 Å². The lowest BCUT2D eigenvalue weighted by Gasteiger charge is -2.36. The van der Waals surface area contributed by atoms with Crippen LogP contribution in [0.4, 0.5) is 17.6 Å². The summed E-state index contributed by atoms with van der Waals surface area (Å²) < 4.78 is 51.9. The predicted octanol–water partition coefficient (Wildman–Crippen LogP) is 3.50. The Hall–Kier alpha value is -0.560. The van der Waals surface area contributed by atoms with Crippen LogP contribution in [0, 0.1) is 0 Å². The molecule has 0 bridgehead atoms. The van der Waals surface area contributed by atoms with Gasteiger partial charge in [0.25, 0.3) is 0 Å². The van der Waals surface area contributed by atoms with Crippen molar-refractivity contribution in [2.24, 2.45) is 0 Å². The normalized spacial score (nSPS) is 15.4. The maximum absolute atomic E-state index is 13.0. The highest BCUT2D eigenvalue weighted by atomic mass is 35.5. The Morgan fingerprint density at radius 1 is 1.00 bits per heavy atom. The standard InChI is InChI=1S/C11H10Cl2F4O2/c12-10(14,15)9(19,11(13,16)17)6-8(18)7-4-2-1-3-5-7/h1-5,8,18-19H,6H2/t8-/m1/s1. The van der Waals surface area contributed by atoms with Gasteiger partial charge in [-0.1, -0.05) is 30.3 Å². The summed E-state index contributed by atoms with van der Waals surface area (Å²) in [5.74, 6) is 0. The summed E-state index contributed by atoms with van der Waals surface area (Å²) in [4.78, 5) is 0. The fraction of sp³-hybridized carbons (Fsp3) is 0.455. The van der Waals surface area contributed by atoms with Crippen molar-refractivity contribution in [1.82, 2.24) is 0 Å². The van der Waals surface area contributed by atoms with Crippen LogP contribution in [0.15, 0.2) is 30.3 Å². The number of benzene rings is 1. The molecule has 0 aliphatic carbocycles. The third-order valence-corrected chi connectivity index (χ3v) is 3.24. The molecule has 1 atom stereocenters. The monoisotopic (exact) mass is 320 g/mol. The molecule has 0 spiro atoms. The van der Waals surface area contributed by atoms with E-state index in [2.05, 4.69) is 23.2 Å². The van der Waals surface area contributed by atoms with Crippen LogP contribution in [0.5, 0.6) is 0 Å². The Kier molecular flexibility index (Phi) is 4.72. The van der Waals surface area contributed by atoms with E-state index < -0.39 is 28.9 Å². The highest BCUT2D eigenvalue weighted by molar-refractivity contribution is 6.26. The summed E-state index contributed by atoms with van der Waals surface area (Å²) in [6.07, 6.45) is -3.20. The molecular weight excluding hydrogens is 311 g/mol. The maximum Gasteiger partial charge on any atom is 0.357 e. The molecule has 19 heavy (non-hydrogen) atoms. The van der Waals surface area contributed by atoms with Crippen molar-refractivity contribution >= 4 is 23.2 Å². The van der Waals surface area contributed by atoms with Gasteiger partial charge in [0.2, 0.25) is 5.60 Å². The van der Waals surface area contributed by atoms with Gasteiger partial charge in [0.1, 0.15) is 0 Å².